The fourth-order valence-electron chi connectivity index (χ4n) is 3.94. The second-order valence-corrected chi connectivity index (χ2v) is 8.31. The molecule has 2 aliphatic rings. The van der Waals surface area contributed by atoms with Gasteiger partial charge in [0.2, 0.25) is 11.5 Å². The molecule has 0 saturated heterocycles. The molecule has 3 atom stereocenters. The minimum atomic E-state index is -0.175. The summed E-state index contributed by atoms with van der Waals surface area (Å²) in [6, 6.07) is 13.6. The summed E-state index contributed by atoms with van der Waals surface area (Å²) in [6.07, 6.45) is 3.64. The Morgan fingerprint density at radius 3 is 2.83 bits per heavy atom. The number of fused-ring (bicyclic) bond motifs is 1. The number of aryl methyl sites for hydroxylation is 2. The zero-order chi connectivity index (χ0) is 20.4. The quantitative estimate of drug-likeness (QED) is 0.647. The summed E-state index contributed by atoms with van der Waals surface area (Å²) >= 11 is 6.03. The number of ether oxygens (including phenoxy) is 3. The van der Waals surface area contributed by atoms with E-state index in [0.717, 1.165) is 29.5 Å². The minimum absolute atomic E-state index is 0.0236. The van der Waals surface area contributed by atoms with Crippen LogP contribution in [0.4, 0.5) is 0 Å². The number of carbonyl (C=O) groups is 1. The first-order valence-corrected chi connectivity index (χ1v) is 10.4. The average Bonchev–Trinajstić information content (AvgIpc) is 2.71. The van der Waals surface area contributed by atoms with Crippen LogP contribution in [0.5, 0.6) is 5.75 Å². The van der Waals surface area contributed by atoms with Gasteiger partial charge in [0.05, 0.1) is 18.6 Å². The molecule has 0 amide bonds. The van der Waals surface area contributed by atoms with Crippen LogP contribution in [0.25, 0.3) is 0 Å². The van der Waals surface area contributed by atoms with Gasteiger partial charge >= 0.3 is 0 Å². The van der Waals surface area contributed by atoms with Crippen molar-refractivity contribution in [3.05, 3.63) is 76.2 Å². The molecule has 2 aromatic rings. The van der Waals surface area contributed by atoms with E-state index in [2.05, 4.69) is 0 Å². The number of rotatable bonds is 5. The van der Waals surface area contributed by atoms with Crippen molar-refractivity contribution in [2.24, 2.45) is 5.92 Å². The number of hydrogen-bond acceptors (Lipinski definition) is 4. The number of halogens is 1. The number of allylic oxidation sites excluding steroid dienone is 1. The topological polar surface area (TPSA) is 44.8 Å². The maximum absolute atomic E-state index is 13.0. The van der Waals surface area contributed by atoms with Crippen LogP contribution >= 0.6 is 11.6 Å². The predicted molar refractivity (Wildman–Crippen MR) is 112 cm³/mol. The Labute approximate surface area is 176 Å². The molecule has 3 unspecified atom stereocenters. The Morgan fingerprint density at radius 2 is 2.00 bits per heavy atom. The molecule has 4 rings (SSSR count). The molecule has 1 aliphatic carbocycles. The van der Waals surface area contributed by atoms with Crippen molar-refractivity contribution in [3.63, 3.8) is 0 Å². The third kappa shape index (κ3) is 4.65. The smallest absolute Gasteiger partial charge is 0.207 e. The molecule has 1 fully saturated rings. The minimum Gasteiger partial charge on any atom is -0.493 e. The highest BCUT2D eigenvalue weighted by Crippen LogP contribution is 2.36. The SMILES string of the molecule is Cc1ccc(C)c(OC2=COC3CC(OCc4cccc(Cl)c4)CCC3C2=O)c1. The second kappa shape index (κ2) is 8.60. The van der Waals surface area contributed by atoms with E-state index in [1.54, 1.807) is 0 Å². The Hall–Kier alpha value is -2.30. The molecule has 0 aromatic heterocycles. The van der Waals surface area contributed by atoms with E-state index in [9.17, 15) is 4.79 Å². The van der Waals surface area contributed by atoms with Crippen molar-refractivity contribution in [3.8, 4) is 5.75 Å². The number of Topliss-reactive ketones (excluding diaryl/α,β-unsaturated/α-hetero) is 1. The molecule has 1 saturated carbocycles. The largest absolute Gasteiger partial charge is 0.493 e. The molecule has 2 aromatic carbocycles. The standard InChI is InChI=1S/C24H25ClO4/c1-15-6-7-16(2)21(10-15)29-23-14-28-22-12-19(8-9-20(22)24(23)26)27-13-17-4-3-5-18(25)11-17/h3-7,10-11,14,19-20,22H,8-9,12-13H2,1-2H3. The molecule has 0 bridgehead atoms. The van der Waals surface area contributed by atoms with Crippen LogP contribution in [-0.4, -0.2) is 18.0 Å². The number of hydrogen-bond donors (Lipinski definition) is 0. The molecule has 4 nitrogen and oxygen atoms in total. The summed E-state index contributed by atoms with van der Waals surface area (Å²) in [5.41, 5.74) is 3.12. The Kier molecular flexibility index (Phi) is 5.93. The number of ketones is 1. The van der Waals surface area contributed by atoms with E-state index in [0.29, 0.717) is 29.6 Å². The van der Waals surface area contributed by atoms with Gasteiger partial charge in [-0.2, -0.15) is 0 Å². The summed E-state index contributed by atoms with van der Waals surface area (Å²) in [7, 11) is 0. The second-order valence-electron chi connectivity index (χ2n) is 7.87. The van der Waals surface area contributed by atoms with E-state index in [-0.39, 0.29) is 23.9 Å². The first-order valence-electron chi connectivity index (χ1n) is 10.0. The van der Waals surface area contributed by atoms with Gasteiger partial charge < -0.3 is 14.2 Å². The summed E-state index contributed by atoms with van der Waals surface area (Å²) in [4.78, 5) is 13.0. The molecular weight excluding hydrogens is 388 g/mol. The van der Waals surface area contributed by atoms with Crippen molar-refractivity contribution >= 4 is 17.4 Å². The third-order valence-corrected chi connectivity index (χ3v) is 5.85. The van der Waals surface area contributed by atoms with Crippen molar-refractivity contribution in [2.45, 2.75) is 51.9 Å². The van der Waals surface area contributed by atoms with Gasteiger partial charge in [0, 0.05) is 11.4 Å². The van der Waals surface area contributed by atoms with Crippen LogP contribution in [0, 0.1) is 19.8 Å². The molecule has 29 heavy (non-hydrogen) atoms. The summed E-state index contributed by atoms with van der Waals surface area (Å²) in [6.45, 7) is 4.47. The third-order valence-electron chi connectivity index (χ3n) is 5.61. The monoisotopic (exact) mass is 412 g/mol. The van der Waals surface area contributed by atoms with E-state index >= 15 is 0 Å². The average molecular weight is 413 g/mol. The molecule has 0 spiro atoms. The van der Waals surface area contributed by atoms with Crippen LogP contribution < -0.4 is 4.74 Å². The van der Waals surface area contributed by atoms with Crippen LogP contribution in [0.15, 0.2) is 54.5 Å². The van der Waals surface area contributed by atoms with Crippen LogP contribution in [-0.2, 0) is 20.9 Å². The maximum atomic E-state index is 13.0. The van der Waals surface area contributed by atoms with Crippen LogP contribution in [0.1, 0.15) is 36.0 Å². The number of carbonyl (C=O) groups excluding carboxylic acids is 1. The Balaban J connectivity index is 1.37. The molecule has 1 aliphatic heterocycles. The first-order chi connectivity index (χ1) is 14.0. The van der Waals surface area contributed by atoms with Gasteiger partial charge in [-0.15, -0.1) is 0 Å². The highest BCUT2D eigenvalue weighted by Gasteiger charge is 2.41. The highest BCUT2D eigenvalue weighted by molar-refractivity contribution is 6.30. The molecule has 1 heterocycles. The van der Waals surface area contributed by atoms with Gasteiger partial charge in [-0.1, -0.05) is 35.9 Å². The molecule has 0 N–H and O–H groups in total. The normalized spacial score (nSPS) is 23.8. The lowest BCUT2D eigenvalue weighted by atomic mass is 9.80. The fraction of sp³-hybridized carbons (Fsp3) is 0.375. The van der Waals surface area contributed by atoms with Gasteiger partial charge in [-0.3, -0.25) is 4.79 Å². The van der Waals surface area contributed by atoms with Crippen molar-refractivity contribution < 1.29 is 19.0 Å². The summed E-state index contributed by atoms with van der Waals surface area (Å²) in [5, 5.41) is 0.706. The summed E-state index contributed by atoms with van der Waals surface area (Å²) in [5.74, 6) is 0.838. The predicted octanol–water partition coefficient (Wildman–Crippen LogP) is 5.53. The Bertz CT molecular complexity index is 936. The van der Waals surface area contributed by atoms with E-state index in [4.69, 9.17) is 25.8 Å². The van der Waals surface area contributed by atoms with Crippen LogP contribution in [0.2, 0.25) is 5.02 Å². The van der Waals surface area contributed by atoms with E-state index in [1.165, 1.54) is 6.26 Å². The van der Waals surface area contributed by atoms with Gasteiger partial charge in [-0.05, 0) is 61.6 Å². The molecule has 5 heteroatoms. The lowest BCUT2D eigenvalue weighted by Gasteiger charge is -2.37. The lowest BCUT2D eigenvalue weighted by molar-refractivity contribution is -0.134. The molecular formula is C24H25ClO4. The lowest BCUT2D eigenvalue weighted by Crippen LogP contribution is -2.42. The van der Waals surface area contributed by atoms with E-state index in [1.807, 2.05) is 56.3 Å². The van der Waals surface area contributed by atoms with Crippen molar-refractivity contribution in [1.82, 2.24) is 0 Å². The van der Waals surface area contributed by atoms with Gasteiger partial charge in [0.25, 0.3) is 0 Å². The number of benzene rings is 2. The van der Waals surface area contributed by atoms with Gasteiger partial charge in [0.1, 0.15) is 18.1 Å². The van der Waals surface area contributed by atoms with Gasteiger partial charge in [-0.25, -0.2) is 0 Å². The van der Waals surface area contributed by atoms with Gasteiger partial charge in [0.15, 0.2) is 0 Å². The van der Waals surface area contributed by atoms with Crippen molar-refractivity contribution in [2.75, 3.05) is 0 Å². The molecule has 0 radical (unpaired) electrons. The maximum Gasteiger partial charge on any atom is 0.207 e. The zero-order valence-corrected chi connectivity index (χ0v) is 17.4. The zero-order valence-electron chi connectivity index (χ0n) is 16.7. The molecule has 152 valence electrons. The van der Waals surface area contributed by atoms with Crippen LogP contribution in [0.3, 0.4) is 0 Å². The highest BCUT2D eigenvalue weighted by atomic mass is 35.5. The van der Waals surface area contributed by atoms with E-state index < -0.39 is 0 Å². The first kappa shape index (κ1) is 20.0. The van der Waals surface area contributed by atoms with Crippen molar-refractivity contribution in [1.29, 1.82) is 0 Å². The summed E-state index contributed by atoms with van der Waals surface area (Å²) < 4.78 is 17.9. The fourth-order valence-corrected chi connectivity index (χ4v) is 4.15. The Morgan fingerprint density at radius 1 is 1.14 bits per heavy atom.